The van der Waals surface area contributed by atoms with E-state index in [1.54, 1.807) is 30.6 Å². The van der Waals surface area contributed by atoms with Crippen molar-refractivity contribution in [2.45, 2.75) is 6.54 Å². The van der Waals surface area contributed by atoms with Gasteiger partial charge in [0.15, 0.2) is 0 Å². The molecule has 0 aromatic carbocycles. The lowest BCUT2D eigenvalue weighted by atomic mass is 10.3. The molecule has 1 N–H and O–H groups in total. The molecule has 0 unspecified atom stereocenters. The number of rotatable bonds is 4. The van der Waals surface area contributed by atoms with E-state index in [0.29, 0.717) is 16.7 Å². The Hall–Kier alpha value is -2.87. The first-order valence-corrected chi connectivity index (χ1v) is 6.68. The Morgan fingerprint density at radius 2 is 2.18 bits per heavy atom. The SMILES string of the molecule is O=C(Cn1nnc(-c2cccnc2)n1)Nc1ccc(Cl)cn1. The Labute approximate surface area is 130 Å². The zero-order chi connectivity index (χ0) is 15.4. The van der Waals surface area contributed by atoms with Crippen molar-refractivity contribution in [1.82, 2.24) is 30.2 Å². The molecule has 0 radical (unpaired) electrons. The summed E-state index contributed by atoms with van der Waals surface area (Å²) in [5, 5.41) is 15.0. The fourth-order valence-electron chi connectivity index (χ4n) is 1.68. The number of nitrogens with one attached hydrogen (secondary N) is 1. The van der Waals surface area contributed by atoms with Gasteiger partial charge in [-0.15, -0.1) is 10.2 Å². The highest BCUT2D eigenvalue weighted by Gasteiger charge is 2.10. The van der Waals surface area contributed by atoms with Gasteiger partial charge in [-0.05, 0) is 29.5 Å². The van der Waals surface area contributed by atoms with Crippen LogP contribution >= 0.6 is 11.6 Å². The minimum atomic E-state index is -0.315. The monoisotopic (exact) mass is 315 g/mol. The van der Waals surface area contributed by atoms with E-state index < -0.39 is 0 Å². The van der Waals surface area contributed by atoms with Gasteiger partial charge in [0.05, 0.1) is 5.02 Å². The second-order valence-corrected chi connectivity index (χ2v) is 4.73. The van der Waals surface area contributed by atoms with Crippen LogP contribution in [0.3, 0.4) is 0 Å². The van der Waals surface area contributed by atoms with Gasteiger partial charge in [-0.25, -0.2) is 4.98 Å². The summed E-state index contributed by atoms with van der Waals surface area (Å²) in [5.41, 5.74) is 0.730. The lowest BCUT2D eigenvalue weighted by Gasteiger charge is -2.03. The minimum absolute atomic E-state index is 0.0719. The summed E-state index contributed by atoms with van der Waals surface area (Å²) in [6.45, 7) is -0.0719. The average Bonchev–Trinajstić information content (AvgIpc) is 2.99. The number of pyridine rings is 2. The molecule has 0 saturated carbocycles. The molecule has 0 atom stereocenters. The summed E-state index contributed by atoms with van der Waals surface area (Å²) in [6, 6.07) is 6.83. The molecular formula is C13H10ClN7O. The van der Waals surface area contributed by atoms with Gasteiger partial charge in [0.2, 0.25) is 11.7 Å². The van der Waals surface area contributed by atoms with Crippen LogP contribution < -0.4 is 5.32 Å². The smallest absolute Gasteiger partial charge is 0.249 e. The predicted octanol–water partition coefficient (Wildman–Crippen LogP) is 1.42. The number of anilines is 1. The van der Waals surface area contributed by atoms with Gasteiger partial charge in [-0.1, -0.05) is 11.6 Å². The zero-order valence-corrected chi connectivity index (χ0v) is 12.0. The van der Waals surface area contributed by atoms with Crippen LogP contribution in [-0.2, 0) is 11.3 Å². The van der Waals surface area contributed by atoms with Crippen LogP contribution in [0.15, 0.2) is 42.9 Å². The molecule has 0 fully saturated rings. The van der Waals surface area contributed by atoms with Gasteiger partial charge in [0, 0.05) is 24.2 Å². The number of hydrogen-bond acceptors (Lipinski definition) is 6. The van der Waals surface area contributed by atoms with Crippen LogP contribution in [0.4, 0.5) is 5.82 Å². The first-order chi connectivity index (χ1) is 10.7. The average molecular weight is 316 g/mol. The van der Waals surface area contributed by atoms with Gasteiger partial charge in [-0.3, -0.25) is 9.78 Å². The molecule has 3 aromatic rings. The first kappa shape index (κ1) is 14.1. The number of aromatic nitrogens is 6. The Bertz CT molecular complexity index is 773. The Morgan fingerprint density at radius 3 is 2.91 bits per heavy atom. The molecule has 3 heterocycles. The largest absolute Gasteiger partial charge is 0.309 e. The maximum absolute atomic E-state index is 11.9. The van der Waals surface area contributed by atoms with Crippen LogP contribution in [0, 0.1) is 0 Å². The van der Waals surface area contributed by atoms with Crippen molar-refractivity contribution < 1.29 is 4.79 Å². The van der Waals surface area contributed by atoms with E-state index in [9.17, 15) is 4.79 Å². The van der Waals surface area contributed by atoms with E-state index in [2.05, 4.69) is 30.7 Å². The summed E-state index contributed by atoms with van der Waals surface area (Å²) < 4.78 is 0. The van der Waals surface area contributed by atoms with Crippen molar-refractivity contribution in [3.63, 3.8) is 0 Å². The molecular weight excluding hydrogens is 306 g/mol. The number of carbonyl (C=O) groups excluding carboxylic acids is 1. The van der Waals surface area contributed by atoms with E-state index >= 15 is 0 Å². The maximum atomic E-state index is 11.9. The lowest BCUT2D eigenvalue weighted by molar-refractivity contribution is -0.117. The predicted molar refractivity (Wildman–Crippen MR) is 78.9 cm³/mol. The van der Waals surface area contributed by atoms with E-state index in [1.807, 2.05) is 6.07 Å². The van der Waals surface area contributed by atoms with Gasteiger partial charge in [-0.2, -0.15) is 4.80 Å². The molecule has 0 aliphatic carbocycles. The lowest BCUT2D eigenvalue weighted by Crippen LogP contribution is -2.21. The number of amides is 1. The molecule has 3 rings (SSSR count). The fourth-order valence-corrected chi connectivity index (χ4v) is 1.79. The molecule has 0 aliphatic rings. The Morgan fingerprint density at radius 1 is 1.27 bits per heavy atom. The van der Waals surface area contributed by atoms with Crippen LogP contribution in [0.5, 0.6) is 0 Å². The molecule has 110 valence electrons. The summed E-state index contributed by atoms with van der Waals surface area (Å²) in [5.74, 6) is 0.498. The number of carbonyl (C=O) groups is 1. The Balaban J connectivity index is 1.65. The summed E-state index contributed by atoms with van der Waals surface area (Å²) in [6.07, 6.45) is 4.73. The van der Waals surface area contributed by atoms with Gasteiger partial charge < -0.3 is 5.32 Å². The van der Waals surface area contributed by atoms with Crippen molar-refractivity contribution in [2.75, 3.05) is 5.32 Å². The van der Waals surface area contributed by atoms with Gasteiger partial charge >= 0.3 is 0 Å². The van der Waals surface area contributed by atoms with Crippen LogP contribution in [0.2, 0.25) is 5.02 Å². The zero-order valence-electron chi connectivity index (χ0n) is 11.2. The molecule has 0 aliphatic heterocycles. The van der Waals surface area contributed by atoms with Crippen LogP contribution in [-0.4, -0.2) is 36.1 Å². The second kappa shape index (κ2) is 6.27. The summed E-state index contributed by atoms with van der Waals surface area (Å²) in [7, 11) is 0. The fraction of sp³-hybridized carbons (Fsp3) is 0.0769. The number of nitrogens with zero attached hydrogens (tertiary/aromatic N) is 6. The standard InChI is InChI=1S/C13H10ClN7O/c14-10-3-4-11(16-7-10)17-12(22)8-21-19-13(18-20-21)9-2-1-5-15-6-9/h1-7H,8H2,(H,16,17,22). The number of tetrazole rings is 1. The molecule has 0 spiro atoms. The van der Waals surface area contributed by atoms with Crippen molar-refractivity contribution in [2.24, 2.45) is 0 Å². The number of hydrogen-bond donors (Lipinski definition) is 1. The molecule has 8 nitrogen and oxygen atoms in total. The summed E-state index contributed by atoms with van der Waals surface area (Å²) >= 11 is 5.73. The van der Waals surface area contributed by atoms with E-state index in [0.717, 1.165) is 5.56 Å². The quantitative estimate of drug-likeness (QED) is 0.782. The normalized spacial score (nSPS) is 10.4. The topological polar surface area (TPSA) is 98.5 Å². The second-order valence-electron chi connectivity index (χ2n) is 4.29. The Kier molecular flexibility index (Phi) is 4.01. The van der Waals surface area contributed by atoms with Crippen molar-refractivity contribution in [3.8, 4) is 11.4 Å². The molecule has 22 heavy (non-hydrogen) atoms. The van der Waals surface area contributed by atoms with E-state index in [1.165, 1.54) is 11.0 Å². The highest BCUT2D eigenvalue weighted by molar-refractivity contribution is 6.30. The molecule has 9 heteroatoms. The highest BCUT2D eigenvalue weighted by Crippen LogP contribution is 2.11. The third-order valence-electron chi connectivity index (χ3n) is 2.65. The van der Waals surface area contributed by atoms with E-state index in [4.69, 9.17) is 11.6 Å². The third-order valence-corrected chi connectivity index (χ3v) is 2.88. The molecule has 0 bridgehead atoms. The third kappa shape index (κ3) is 3.41. The van der Waals surface area contributed by atoms with Gasteiger partial charge in [0.1, 0.15) is 12.4 Å². The maximum Gasteiger partial charge on any atom is 0.249 e. The van der Waals surface area contributed by atoms with Crippen molar-refractivity contribution in [3.05, 3.63) is 47.9 Å². The first-order valence-electron chi connectivity index (χ1n) is 6.30. The van der Waals surface area contributed by atoms with Crippen molar-refractivity contribution in [1.29, 1.82) is 0 Å². The number of halogens is 1. The molecule has 0 saturated heterocycles. The molecule has 3 aromatic heterocycles. The van der Waals surface area contributed by atoms with Crippen molar-refractivity contribution >= 4 is 23.3 Å². The van der Waals surface area contributed by atoms with E-state index in [-0.39, 0.29) is 12.5 Å². The minimum Gasteiger partial charge on any atom is -0.309 e. The van der Waals surface area contributed by atoms with Crippen LogP contribution in [0.25, 0.3) is 11.4 Å². The van der Waals surface area contributed by atoms with Crippen LogP contribution in [0.1, 0.15) is 0 Å². The van der Waals surface area contributed by atoms with Gasteiger partial charge in [0.25, 0.3) is 0 Å². The molecule has 1 amide bonds. The summed E-state index contributed by atoms with van der Waals surface area (Å²) in [4.78, 5) is 21.0. The highest BCUT2D eigenvalue weighted by atomic mass is 35.5.